The van der Waals surface area contributed by atoms with Crippen molar-refractivity contribution in [1.82, 2.24) is 10.6 Å². The molecule has 2 nitrogen and oxygen atoms in total. The zero-order valence-corrected chi connectivity index (χ0v) is 16.6. The van der Waals surface area contributed by atoms with Crippen LogP contribution in [-0.4, -0.2) is 26.2 Å². The van der Waals surface area contributed by atoms with E-state index in [1.54, 1.807) is 0 Å². The van der Waals surface area contributed by atoms with E-state index in [0.717, 1.165) is 12.5 Å². The predicted molar refractivity (Wildman–Crippen MR) is 112 cm³/mol. The minimum Gasteiger partial charge on any atom is -0.320 e. The van der Waals surface area contributed by atoms with Crippen molar-refractivity contribution in [3.63, 3.8) is 0 Å². The van der Waals surface area contributed by atoms with Crippen LogP contribution < -0.4 is 10.6 Å². The summed E-state index contributed by atoms with van der Waals surface area (Å²) in [6, 6.07) is 20.5. The second kappa shape index (κ2) is 8.83. The number of nitrogens with one attached hydrogen (secondary N) is 2. The largest absolute Gasteiger partial charge is 0.320 e. The number of benzene rings is 2. The summed E-state index contributed by atoms with van der Waals surface area (Å²) in [5.41, 5.74) is 4.78. The molecule has 0 aromatic heterocycles. The van der Waals surface area contributed by atoms with E-state index >= 15 is 0 Å². The molecule has 2 aromatic rings. The molecule has 2 aliphatic rings. The van der Waals surface area contributed by atoms with Gasteiger partial charge >= 0.3 is 0 Å². The molecule has 0 bridgehead atoms. The van der Waals surface area contributed by atoms with Gasteiger partial charge in [0.1, 0.15) is 0 Å². The normalized spacial score (nSPS) is 22.7. The molecule has 1 saturated heterocycles. The molecule has 1 aliphatic carbocycles. The topological polar surface area (TPSA) is 24.1 Å². The van der Waals surface area contributed by atoms with E-state index in [2.05, 4.69) is 79.1 Å². The van der Waals surface area contributed by atoms with Crippen LogP contribution in [0.2, 0.25) is 0 Å². The lowest BCUT2D eigenvalue weighted by Gasteiger charge is -2.22. The number of hydrogen-bond acceptors (Lipinski definition) is 2. The van der Waals surface area contributed by atoms with Crippen molar-refractivity contribution in [1.29, 1.82) is 0 Å². The Morgan fingerprint density at radius 2 is 1.69 bits per heavy atom. The predicted octanol–water partition coefficient (Wildman–Crippen LogP) is 4.90. The van der Waals surface area contributed by atoms with Gasteiger partial charge in [0.2, 0.25) is 0 Å². The van der Waals surface area contributed by atoms with Crippen LogP contribution in [0.4, 0.5) is 0 Å². The molecule has 1 aliphatic heterocycles. The van der Waals surface area contributed by atoms with Crippen LogP contribution >= 0.6 is 0 Å². The van der Waals surface area contributed by atoms with Gasteiger partial charge in [-0.1, -0.05) is 74.9 Å². The molecule has 0 radical (unpaired) electrons. The van der Waals surface area contributed by atoms with Gasteiger partial charge in [-0.2, -0.15) is 0 Å². The van der Waals surface area contributed by atoms with Crippen molar-refractivity contribution < 1.29 is 0 Å². The number of rotatable bonds is 5. The van der Waals surface area contributed by atoms with Gasteiger partial charge in [0.05, 0.1) is 0 Å². The zero-order valence-electron chi connectivity index (χ0n) is 16.6. The first-order chi connectivity index (χ1) is 12.7. The maximum absolute atomic E-state index is 3.82. The van der Waals surface area contributed by atoms with Crippen LogP contribution in [0.25, 0.3) is 11.1 Å². The Balaban J connectivity index is 0.000000447. The molecule has 0 amide bonds. The van der Waals surface area contributed by atoms with E-state index in [-0.39, 0.29) is 0 Å². The van der Waals surface area contributed by atoms with E-state index < -0.39 is 0 Å². The van der Waals surface area contributed by atoms with Crippen molar-refractivity contribution in [2.45, 2.75) is 45.6 Å². The third-order valence-corrected chi connectivity index (χ3v) is 6.16. The van der Waals surface area contributed by atoms with Crippen LogP contribution in [0.5, 0.6) is 0 Å². The van der Waals surface area contributed by atoms with Gasteiger partial charge < -0.3 is 10.6 Å². The molecule has 2 unspecified atom stereocenters. The van der Waals surface area contributed by atoms with Crippen LogP contribution in [-0.2, 0) is 6.42 Å². The van der Waals surface area contributed by atoms with Gasteiger partial charge in [-0.25, -0.2) is 0 Å². The highest BCUT2D eigenvalue weighted by atomic mass is 15.0. The van der Waals surface area contributed by atoms with Gasteiger partial charge in [-0.05, 0) is 60.9 Å². The van der Waals surface area contributed by atoms with Crippen molar-refractivity contribution >= 4 is 0 Å². The summed E-state index contributed by atoms with van der Waals surface area (Å²) >= 11 is 0. The van der Waals surface area contributed by atoms with Gasteiger partial charge in [0.25, 0.3) is 0 Å². The first-order valence-corrected chi connectivity index (χ1v) is 10.2. The van der Waals surface area contributed by atoms with Crippen LogP contribution in [0.3, 0.4) is 0 Å². The smallest absolute Gasteiger partial charge is 0.0142 e. The van der Waals surface area contributed by atoms with Crippen LogP contribution in [0.15, 0.2) is 54.6 Å². The SMILES string of the molecule is CCC1C(Cc2cccc(-c3ccccc3)c2)NCC12CC2.CCNC. The van der Waals surface area contributed by atoms with Crippen LogP contribution in [0.1, 0.15) is 38.7 Å². The molecule has 2 heteroatoms. The van der Waals surface area contributed by atoms with E-state index in [1.165, 1.54) is 48.9 Å². The molecule has 1 heterocycles. The molecular weight excluding hydrogens is 316 g/mol. The van der Waals surface area contributed by atoms with E-state index in [4.69, 9.17) is 0 Å². The fourth-order valence-electron chi connectivity index (χ4n) is 4.44. The molecular formula is C24H34N2. The lowest BCUT2D eigenvalue weighted by atomic mass is 9.83. The van der Waals surface area contributed by atoms with Gasteiger partial charge in [0.15, 0.2) is 0 Å². The lowest BCUT2D eigenvalue weighted by molar-refractivity contribution is 0.331. The van der Waals surface area contributed by atoms with Gasteiger partial charge in [-0.15, -0.1) is 0 Å². The summed E-state index contributed by atoms with van der Waals surface area (Å²) in [6.45, 7) is 6.75. The monoisotopic (exact) mass is 350 g/mol. The minimum absolute atomic E-state index is 0.663. The van der Waals surface area contributed by atoms with E-state index in [9.17, 15) is 0 Å². The second-order valence-corrected chi connectivity index (χ2v) is 7.84. The molecule has 2 aromatic carbocycles. The second-order valence-electron chi connectivity index (χ2n) is 7.84. The van der Waals surface area contributed by atoms with E-state index in [0.29, 0.717) is 11.5 Å². The summed E-state index contributed by atoms with van der Waals surface area (Å²) in [4.78, 5) is 0. The molecule has 1 spiro atoms. The molecule has 2 atom stereocenters. The summed E-state index contributed by atoms with van der Waals surface area (Å²) in [7, 11) is 1.93. The maximum atomic E-state index is 3.82. The third-order valence-electron chi connectivity index (χ3n) is 6.16. The van der Waals surface area contributed by atoms with Gasteiger partial charge in [0, 0.05) is 12.6 Å². The molecule has 2 fully saturated rings. The quantitative estimate of drug-likeness (QED) is 0.801. The highest BCUT2D eigenvalue weighted by Crippen LogP contribution is 2.57. The Morgan fingerprint density at radius 3 is 2.31 bits per heavy atom. The van der Waals surface area contributed by atoms with Gasteiger partial charge in [-0.3, -0.25) is 0 Å². The number of hydrogen-bond donors (Lipinski definition) is 2. The summed E-state index contributed by atoms with van der Waals surface area (Å²) in [5, 5.41) is 6.75. The first kappa shape index (κ1) is 19.1. The summed E-state index contributed by atoms with van der Waals surface area (Å²) in [5.74, 6) is 0.868. The van der Waals surface area contributed by atoms with Crippen molar-refractivity contribution in [2.24, 2.45) is 11.3 Å². The maximum Gasteiger partial charge on any atom is 0.0142 e. The standard InChI is InChI=1S/C21H25N.C3H9N/c1-2-19-20(22-15-21(19)11-12-21)14-16-7-6-10-18(13-16)17-8-4-3-5-9-17;1-3-4-2/h3-10,13,19-20,22H,2,11-12,14-15H2,1H3;4H,3H2,1-2H3. The Hall–Kier alpha value is -1.64. The van der Waals surface area contributed by atoms with Crippen LogP contribution in [0, 0.1) is 11.3 Å². The lowest BCUT2D eigenvalue weighted by Crippen LogP contribution is -2.29. The van der Waals surface area contributed by atoms with Crippen molar-refractivity contribution in [3.05, 3.63) is 60.2 Å². The summed E-state index contributed by atoms with van der Waals surface area (Å²) < 4.78 is 0. The molecule has 140 valence electrons. The fraction of sp³-hybridized carbons (Fsp3) is 0.500. The summed E-state index contributed by atoms with van der Waals surface area (Å²) in [6.07, 6.45) is 5.37. The highest BCUT2D eigenvalue weighted by Gasteiger charge is 2.54. The molecule has 26 heavy (non-hydrogen) atoms. The average molecular weight is 351 g/mol. The molecule has 1 saturated carbocycles. The third kappa shape index (κ3) is 4.36. The Morgan fingerprint density at radius 1 is 1.00 bits per heavy atom. The Kier molecular flexibility index (Phi) is 6.50. The first-order valence-electron chi connectivity index (χ1n) is 10.2. The fourth-order valence-corrected chi connectivity index (χ4v) is 4.44. The zero-order chi connectivity index (χ0) is 18.4. The average Bonchev–Trinajstić information content (AvgIpc) is 3.40. The molecule has 2 N–H and O–H groups in total. The highest BCUT2D eigenvalue weighted by molar-refractivity contribution is 5.63. The minimum atomic E-state index is 0.663. The Labute approximate surface area is 159 Å². The Bertz CT molecular complexity index is 674. The van der Waals surface area contributed by atoms with Crippen molar-refractivity contribution in [3.8, 4) is 11.1 Å². The van der Waals surface area contributed by atoms with E-state index in [1.807, 2.05) is 7.05 Å². The molecule has 4 rings (SSSR count). The van der Waals surface area contributed by atoms with Crippen molar-refractivity contribution in [2.75, 3.05) is 20.1 Å².